The second-order valence-corrected chi connectivity index (χ2v) is 3.14. The summed E-state index contributed by atoms with van der Waals surface area (Å²) in [6, 6.07) is -1.64. The molecule has 4 N–H and O–H groups in total. The Labute approximate surface area is 77.3 Å². The molecule has 0 rings (SSSR count). The van der Waals surface area contributed by atoms with Gasteiger partial charge in [-0.2, -0.15) is 0 Å². The minimum absolute atomic E-state index is 0.0349. The van der Waals surface area contributed by atoms with Crippen LogP contribution in [0.3, 0.4) is 0 Å². The van der Waals surface area contributed by atoms with Crippen molar-refractivity contribution in [3.05, 3.63) is 0 Å². The molecule has 0 aromatic carbocycles. The predicted molar refractivity (Wildman–Crippen MR) is 47.5 cm³/mol. The number of nitrogens with two attached hydrogens (primary N) is 1. The van der Waals surface area contributed by atoms with Gasteiger partial charge in [-0.1, -0.05) is 13.8 Å². The van der Waals surface area contributed by atoms with Crippen molar-refractivity contribution in [2.24, 2.45) is 11.7 Å². The SMILES string of the molecule is CC(C)[C@@H]([C]=O)NC(=O)[C@@H](N)CO. The van der Waals surface area contributed by atoms with E-state index < -0.39 is 24.6 Å². The summed E-state index contributed by atoms with van der Waals surface area (Å²) in [5.41, 5.74) is 5.23. The summed E-state index contributed by atoms with van der Waals surface area (Å²) in [6.45, 7) is 3.12. The van der Waals surface area contributed by atoms with Crippen LogP contribution >= 0.6 is 0 Å². The van der Waals surface area contributed by atoms with Gasteiger partial charge in [0.1, 0.15) is 6.04 Å². The Hall–Kier alpha value is -0.940. The molecule has 13 heavy (non-hydrogen) atoms. The highest BCUT2D eigenvalue weighted by molar-refractivity contribution is 5.84. The molecule has 0 unspecified atom stereocenters. The van der Waals surface area contributed by atoms with E-state index in [1.165, 1.54) is 0 Å². The lowest BCUT2D eigenvalue weighted by atomic mass is 10.1. The Balaban J connectivity index is 4.08. The summed E-state index contributed by atoms with van der Waals surface area (Å²) < 4.78 is 0. The highest BCUT2D eigenvalue weighted by atomic mass is 16.3. The first-order chi connectivity index (χ1) is 6.02. The molecule has 5 heteroatoms. The summed E-state index contributed by atoms with van der Waals surface area (Å²) in [5, 5.41) is 10.9. The average molecular weight is 187 g/mol. The molecule has 0 spiro atoms. The van der Waals surface area contributed by atoms with Crippen LogP contribution in [-0.2, 0) is 9.59 Å². The van der Waals surface area contributed by atoms with Crippen LogP contribution in [0.15, 0.2) is 0 Å². The van der Waals surface area contributed by atoms with Gasteiger partial charge in [0, 0.05) is 0 Å². The van der Waals surface area contributed by atoms with E-state index in [1.54, 1.807) is 20.1 Å². The van der Waals surface area contributed by atoms with E-state index in [-0.39, 0.29) is 5.92 Å². The molecular weight excluding hydrogens is 172 g/mol. The third-order valence-electron chi connectivity index (χ3n) is 1.62. The molecule has 0 saturated heterocycles. The Morgan fingerprint density at radius 1 is 1.62 bits per heavy atom. The molecule has 0 aliphatic carbocycles. The van der Waals surface area contributed by atoms with Gasteiger partial charge in [-0.05, 0) is 5.92 Å². The van der Waals surface area contributed by atoms with Crippen molar-refractivity contribution < 1.29 is 14.7 Å². The van der Waals surface area contributed by atoms with Gasteiger partial charge < -0.3 is 16.2 Å². The van der Waals surface area contributed by atoms with Crippen LogP contribution in [-0.4, -0.2) is 36.0 Å². The minimum atomic E-state index is -0.977. The summed E-state index contributed by atoms with van der Waals surface area (Å²) >= 11 is 0. The van der Waals surface area contributed by atoms with Gasteiger partial charge in [-0.25, -0.2) is 0 Å². The van der Waals surface area contributed by atoms with Gasteiger partial charge in [0.05, 0.1) is 12.6 Å². The van der Waals surface area contributed by atoms with E-state index in [2.05, 4.69) is 5.32 Å². The maximum atomic E-state index is 11.1. The maximum Gasteiger partial charge on any atom is 0.239 e. The van der Waals surface area contributed by atoms with E-state index in [4.69, 9.17) is 10.8 Å². The lowest BCUT2D eigenvalue weighted by Gasteiger charge is -2.17. The molecule has 0 fully saturated rings. The number of carbonyl (C=O) groups is 1. The summed E-state index contributed by atoms with van der Waals surface area (Å²) in [5.74, 6) is -0.572. The molecule has 5 nitrogen and oxygen atoms in total. The third-order valence-corrected chi connectivity index (χ3v) is 1.62. The first-order valence-electron chi connectivity index (χ1n) is 4.07. The Kier molecular flexibility index (Phi) is 5.25. The van der Waals surface area contributed by atoms with E-state index in [0.29, 0.717) is 0 Å². The molecule has 0 aromatic heterocycles. The van der Waals surface area contributed by atoms with E-state index in [0.717, 1.165) is 0 Å². The molecule has 1 radical (unpaired) electrons. The first-order valence-corrected chi connectivity index (χ1v) is 4.07. The van der Waals surface area contributed by atoms with Gasteiger partial charge in [0.25, 0.3) is 0 Å². The number of nitrogens with one attached hydrogen (secondary N) is 1. The summed E-state index contributed by atoms with van der Waals surface area (Å²) in [7, 11) is 0. The fourth-order valence-corrected chi connectivity index (χ4v) is 0.675. The number of aliphatic hydroxyl groups is 1. The number of amides is 1. The van der Waals surface area contributed by atoms with Crippen LogP contribution in [0.25, 0.3) is 0 Å². The van der Waals surface area contributed by atoms with Gasteiger partial charge >= 0.3 is 0 Å². The molecule has 0 aliphatic heterocycles. The third kappa shape index (κ3) is 4.00. The van der Waals surface area contributed by atoms with Crippen molar-refractivity contribution in [2.45, 2.75) is 25.9 Å². The normalized spacial score (nSPS) is 15.2. The van der Waals surface area contributed by atoms with Gasteiger partial charge in [-0.15, -0.1) is 0 Å². The van der Waals surface area contributed by atoms with Gasteiger partial charge in [0.2, 0.25) is 12.2 Å². The minimum Gasteiger partial charge on any atom is -0.394 e. The lowest BCUT2D eigenvalue weighted by molar-refractivity contribution is -0.123. The average Bonchev–Trinajstić information content (AvgIpc) is 2.11. The Morgan fingerprint density at radius 3 is 2.46 bits per heavy atom. The van der Waals surface area contributed by atoms with Crippen LogP contribution in [0.4, 0.5) is 0 Å². The number of hydrogen-bond donors (Lipinski definition) is 3. The largest absolute Gasteiger partial charge is 0.394 e. The highest BCUT2D eigenvalue weighted by Gasteiger charge is 2.19. The fraction of sp³-hybridized carbons (Fsp3) is 0.750. The van der Waals surface area contributed by atoms with Crippen molar-refractivity contribution in [1.29, 1.82) is 0 Å². The van der Waals surface area contributed by atoms with Crippen LogP contribution in [0.1, 0.15) is 13.8 Å². The highest BCUT2D eigenvalue weighted by Crippen LogP contribution is 1.98. The second kappa shape index (κ2) is 5.66. The summed E-state index contributed by atoms with van der Waals surface area (Å²) in [4.78, 5) is 21.4. The van der Waals surface area contributed by atoms with Crippen LogP contribution < -0.4 is 11.1 Å². The van der Waals surface area contributed by atoms with Crippen LogP contribution in [0, 0.1) is 5.92 Å². The molecular formula is C8H15N2O3. The topological polar surface area (TPSA) is 92.4 Å². The van der Waals surface area contributed by atoms with Gasteiger partial charge in [-0.3, -0.25) is 9.59 Å². The zero-order valence-electron chi connectivity index (χ0n) is 7.78. The number of rotatable bonds is 5. The van der Waals surface area contributed by atoms with Crippen LogP contribution in [0.2, 0.25) is 0 Å². The summed E-state index contributed by atoms with van der Waals surface area (Å²) in [6.07, 6.45) is 1.69. The zero-order valence-corrected chi connectivity index (χ0v) is 7.78. The molecule has 75 valence electrons. The number of carbonyl (C=O) groups excluding carboxylic acids is 2. The van der Waals surface area contributed by atoms with E-state index >= 15 is 0 Å². The molecule has 0 aliphatic rings. The Bertz CT molecular complexity index is 182. The molecule has 0 bridgehead atoms. The molecule has 0 heterocycles. The van der Waals surface area contributed by atoms with Gasteiger partial charge in [0.15, 0.2) is 0 Å². The molecule has 0 saturated carbocycles. The quantitative estimate of drug-likeness (QED) is 0.491. The smallest absolute Gasteiger partial charge is 0.239 e. The predicted octanol–water partition coefficient (Wildman–Crippen LogP) is -1.44. The van der Waals surface area contributed by atoms with Crippen molar-refractivity contribution in [1.82, 2.24) is 5.32 Å². The molecule has 1 amide bonds. The lowest BCUT2D eigenvalue weighted by Crippen LogP contribution is -2.49. The monoisotopic (exact) mass is 187 g/mol. The number of aliphatic hydroxyl groups excluding tert-OH is 1. The van der Waals surface area contributed by atoms with Crippen molar-refractivity contribution in [2.75, 3.05) is 6.61 Å². The van der Waals surface area contributed by atoms with Crippen molar-refractivity contribution >= 4 is 12.2 Å². The standard InChI is InChI=1S/C8H15N2O3/c1-5(2)7(4-12)10-8(13)6(9)3-11/h5-7,11H,3,9H2,1-2H3,(H,10,13)/t6-,7+/m0/s1. The van der Waals surface area contributed by atoms with Crippen molar-refractivity contribution in [3.8, 4) is 0 Å². The maximum absolute atomic E-state index is 11.1. The van der Waals surface area contributed by atoms with E-state index in [1.807, 2.05) is 0 Å². The van der Waals surface area contributed by atoms with E-state index in [9.17, 15) is 9.59 Å². The number of hydrogen-bond acceptors (Lipinski definition) is 4. The zero-order chi connectivity index (χ0) is 10.4. The van der Waals surface area contributed by atoms with Crippen molar-refractivity contribution in [3.63, 3.8) is 0 Å². The van der Waals surface area contributed by atoms with Crippen LogP contribution in [0.5, 0.6) is 0 Å². The molecule has 0 aromatic rings. The molecule has 2 atom stereocenters. The first kappa shape index (κ1) is 12.1. The second-order valence-electron chi connectivity index (χ2n) is 3.14. The Morgan fingerprint density at radius 2 is 2.15 bits per heavy atom. The fourth-order valence-electron chi connectivity index (χ4n) is 0.675.